The minimum atomic E-state index is -2.05. The molecule has 0 aromatic rings. The minimum absolute atomic E-state index is 0.153. The average molecular weight is 284 g/mol. The zero-order valence-corrected chi connectivity index (χ0v) is 11.4. The molecule has 0 aromatic carbocycles. The van der Waals surface area contributed by atoms with E-state index in [9.17, 15) is 19.5 Å². The van der Waals surface area contributed by atoms with Crippen LogP contribution in [0, 0.1) is 0 Å². The van der Waals surface area contributed by atoms with Crippen molar-refractivity contribution in [2.45, 2.75) is 69.5 Å². The third kappa shape index (κ3) is 3.79. The van der Waals surface area contributed by atoms with Gasteiger partial charge in [0.1, 0.15) is 6.10 Å². The maximum Gasteiger partial charge on any atom is 0.346 e. The Morgan fingerprint density at radius 2 is 1.80 bits per heavy atom. The maximum absolute atomic E-state index is 11.8. The quantitative estimate of drug-likeness (QED) is 0.619. The van der Waals surface area contributed by atoms with E-state index in [2.05, 4.69) is 4.74 Å². The fourth-order valence-electron chi connectivity index (χ4n) is 2.68. The van der Waals surface area contributed by atoms with Crippen LogP contribution in [0.25, 0.3) is 0 Å². The lowest BCUT2D eigenvalue weighted by Gasteiger charge is -2.22. The van der Waals surface area contributed by atoms with Gasteiger partial charge in [-0.2, -0.15) is 0 Å². The molecule has 0 amide bonds. The van der Waals surface area contributed by atoms with Gasteiger partial charge in [-0.15, -0.1) is 0 Å². The number of esters is 3. The topological polar surface area (TPSA) is 89.9 Å². The van der Waals surface area contributed by atoms with Crippen molar-refractivity contribution in [1.82, 2.24) is 0 Å². The van der Waals surface area contributed by atoms with Crippen LogP contribution in [-0.2, 0) is 23.9 Å². The highest BCUT2D eigenvalue weighted by Gasteiger charge is 2.49. The van der Waals surface area contributed by atoms with E-state index in [4.69, 9.17) is 4.74 Å². The van der Waals surface area contributed by atoms with Crippen LogP contribution in [0.4, 0.5) is 0 Å². The number of hydrogen-bond donors (Lipinski definition) is 1. The van der Waals surface area contributed by atoms with Gasteiger partial charge in [-0.05, 0) is 25.7 Å². The van der Waals surface area contributed by atoms with E-state index in [1.54, 1.807) is 0 Å². The Labute approximate surface area is 117 Å². The van der Waals surface area contributed by atoms with Crippen molar-refractivity contribution in [3.63, 3.8) is 0 Å². The smallest absolute Gasteiger partial charge is 0.346 e. The number of aliphatic hydroxyl groups is 1. The summed E-state index contributed by atoms with van der Waals surface area (Å²) in [6.45, 7) is 0. The summed E-state index contributed by atoms with van der Waals surface area (Å²) in [6.07, 6.45) is 6.00. The van der Waals surface area contributed by atoms with Gasteiger partial charge in [-0.25, -0.2) is 4.79 Å². The summed E-state index contributed by atoms with van der Waals surface area (Å²) in [5.41, 5.74) is -2.05. The molecule has 0 radical (unpaired) electrons. The number of ether oxygens (including phenoxy) is 2. The molecule has 2 aliphatic rings. The van der Waals surface area contributed by atoms with Crippen molar-refractivity contribution in [2.24, 2.45) is 0 Å². The predicted octanol–water partition coefficient (Wildman–Crippen LogP) is 1.24. The van der Waals surface area contributed by atoms with E-state index in [1.807, 2.05) is 0 Å². The summed E-state index contributed by atoms with van der Waals surface area (Å²) in [4.78, 5) is 34.1. The normalized spacial score (nSPS) is 28.6. The standard InChI is InChI=1S/C14H20O6/c15-11(8-14(18)9-12(16)20-13(14)17)19-10-6-4-2-1-3-5-7-10/h10,18H,1-9H2. The highest BCUT2D eigenvalue weighted by Crippen LogP contribution is 2.27. The third-order valence-corrected chi connectivity index (χ3v) is 3.81. The Bertz CT molecular complexity index is 396. The van der Waals surface area contributed by atoms with Gasteiger partial charge in [0.05, 0.1) is 12.8 Å². The van der Waals surface area contributed by atoms with Crippen molar-refractivity contribution >= 4 is 17.9 Å². The molecule has 1 heterocycles. The van der Waals surface area contributed by atoms with E-state index < -0.39 is 36.4 Å². The van der Waals surface area contributed by atoms with Crippen LogP contribution in [0.5, 0.6) is 0 Å². The first-order valence-corrected chi connectivity index (χ1v) is 7.16. The molecule has 112 valence electrons. The fraction of sp³-hybridized carbons (Fsp3) is 0.786. The summed E-state index contributed by atoms with van der Waals surface area (Å²) in [7, 11) is 0. The van der Waals surface area contributed by atoms with Crippen LogP contribution in [0.1, 0.15) is 57.8 Å². The van der Waals surface area contributed by atoms with Gasteiger partial charge in [0, 0.05) is 0 Å². The van der Waals surface area contributed by atoms with E-state index in [0.717, 1.165) is 38.5 Å². The van der Waals surface area contributed by atoms with Crippen LogP contribution in [-0.4, -0.2) is 34.7 Å². The van der Waals surface area contributed by atoms with Crippen LogP contribution < -0.4 is 0 Å². The first-order valence-electron chi connectivity index (χ1n) is 7.16. The number of carbonyl (C=O) groups is 3. The lowest BCUT2D eigenvalue weighted by atomic mass is 9.97. The molecule has 1 saturated carbocycles. The zero-order chi connectivity index (χ0) is 14.6. The first kappa shape index (κ1) is 15.0. The van der Waals surface area contributed by atoms with Gasteiger partial charge >= 0.3 is 17.9 Å². The van der Waals surface area contributed by atoms with Crippen molar-refractivity contribution in [3.05, 3.63) is 0 Å². The Morgan fingerprint density at radius 1 is 1.20 bits per heavy atom. The van der Waals surface area contributed by atoms with Crippen molar-refractivity contribution in [2.75, 3.05) is 0 Å². The van der Waals surface area contributed by atoms with Crippen molar-refractivity contribution in [3.8, 4) is 0 Å². The van der Waals surface area contributed by atoms with Gasteiger partial charge in [-0.3, -0.25) is 9.59 Å². The Hall–Kier alpha value is -1.43. The second kappa shape index (κ2) is 6.35. The molecule has 1 aliphatic carbocycles. The third-order valence-electron chi connectivity index (χ3n) is 3.81. The molecule has 1 aliphatic heterocycles. The lowest BCUT2D eigenvalue weighted by molar-refractivity contribution is -0.166. The number of carbonyl (C=O) groups excluding carboxylic acids is 3. The zero-order valence-electron chi connectivity index (χ0n) is 11.4. The van der Waals surface area contributed by atoms with E-state index in [-0.39, 0.29) is 6.10 Å². The van der Waals surface area contributed by atoms with E-state index in [1.165, 1.54) is 6.42 Å². The maximum atomic E-state index is 11.8. The summed E-state index contributed by atoms with van der Waals surface area (Å²) in [6, 6.07) is 0. The molecule has 1 N–H and O–H groups in total. The van der Waals surface area contributed by atoms with Crippen LogP contribution in [0.3, 0.4) is 0 Å². The molecule has 20 heavy (non-hydrogen) atoms. The Kier molecular flexibility index (Phi) is 4.75. The largest absolute Gasteiger partial charge is 0.462 e. The predicted molar refractivity (Wildman–Crippen MR) is 67.5 cm³/mol. The second-order valence-corrected chi connectivity index (χ2v) is 5.60. The molecule has 2 rings (SSSR count). The van der Waals surface area contributed by atoms with Gasteiger partial charge in [0.2, 0.25) is 0 Å². The van der Waals surface area contributed by atoms with Gasteiger partial charge in [0.15, 0.2) is 5.60 Å². The second-order valence-electron chi connectivity index (χ2n) is 5.60. The summed E-state index contributed by atoms with van der Waals surface area (Å²) in [5.74, 6) is -2.52. The van der Waals surface area contributed by atoms with Crippen LogP contribution in [0.2, 0.25) is 0 Å². The van der Waals surface area contributed by atoms with Crippen LogP contribution in [0.15, 0.2) is 0 Å². The first-order chi connectivity index (χ1) is 9.49. The fourth-order valence-corrected chi connectivity index (χ4v) is 2.68. The number of rotatable bonds is 3. The Morgan fingerprint density at radius 3 is 2.35 bits per heavy atom. The average Bonchev–Trinajstić information content (AvgIpc) is 2.55. The molecule has 1 saturated heterocycles. The minimum Gasteiger partial charge on any atom is -0.462 e. The van der Waals surface area contributed by atoms with Gasteiger partial charge in [0.25, 0.3) is 0 Å². The van der Waals surface area contributed by atoms with Gasteiger partial charge in [-0.1, -0.05) is 19.3 Å². The SMILES string of the molecule is O=C1CC(O)(CC(=O)OC2CCCCCCC2)C(=O)O1. The van der Waals surface area contributed by atoms with Crippen LogP contribution >= 0.6 is 0 Å². The summed E-state index contributed by atoms with van der Waals surface area (Å²) < 4.78 is 9.59. The number of hydrogen-bond acceptors (Lipinski definition) is 6. The molecule has 1 atom stereocenters. The van der Waals surface area contributed by atoms with Crippen molar-refractivity contribution in [1.29, 1.82) is 0 Å². The monoisotopic (exact) mass is 284 g/mol. The highest BCUT2D eigenvalue weighted by atomic mass is 16.6. The molecule has 0 aromatic heterocycles. The molecule has 6 nitrogen and oxygen atoms in total. The lowest BCUT2D eigenvalue weighted by Crippen LogP contribution is -2.38. The molecule has 0 bridgehead atoms. The summed E-state index contributed by atoms with van der Waals surface area (Å²) in [5, 5.41) is 9.93. The molecule has 0 spiro atoms. The highest BCUT2D eigenvalue weighted by molar-refractivity contribution is 6.01. The molecule has 2 fully saturated rings. The molecule has 1 unspecified atom stereocenters. The number of cyclic esters (lactones) is 2. The van der Waals surface area contributed by atoms with Gasteiger partial charge < -0.3 is 14.6 Å². The van der Waals surface area contributed by atoms with E-state index >= 15 is 0 Å². The Balaban J connectivity index is 1.85. The van der Waals surface area contributed by atoms with E-state index in [0.29, 0.717) is 0 Å². The molecule has 6 heteroatoms. The molecular formula is C14H20O6. The molecular weight excluding hydrogens is 264 g/mol. The van der Waals surface area contributed by atoms with Crippen molar-refractivity contribution < 1.29 is 29.0 Å². The summed E-state index contributed by atoms with van der Waals surface area (Å²) >= 11 is 0.